The Kier molecular flexibility index (Phi) is 22.5. The van der Waals surface area contributed by atoms with Gasteiger partial charge in [0.15, 0.2) is 0 Å². The van der Waals surface area contributed by atoms with Crippen LogP contribution in [-0.2, 0) is 54.3 Å². The van der Waals surface area contributed by atoms with Crippen molar-refractivity contribution in [2.75, 3.05) is 54.9 Å². The van der Waals surface area contributed by atoms with Gasteiger partial charge >= 0.3 is 11.9 Å². The van der Waals surface area contributed by atoms with Crippen molar-refractivity contribution in [2.24, 2.45) is 17.8 Å². The Hall–Kier alpha value is -5.59. The lowest BCUT2D eigenvalue weighted by molar-refractivity contribution is -0.162. The quantitative estimate of drug-likeness (QED) is 0.119. The van der Waals surface area contributed by atoms with Gasteiger partial charge in [0, 0.05) is 47.7 Å². The number of rotatable bonds is 25. The first-order valence-corrected chi connectivity index (χ1v) is 26.1. The zero-order valence-electron chi connectivity index (χ0n) is 46.7. The summed E-state index contributed by atoms with van der Waals surface area (Å²) in [5, 5.41) is 16.0. The molecule has 7 amide bonds. The lowest BCUT2D eigenvalue weighted by Crippen LogP contribution is -2.66. The number of amides is 7. The number of aliphatic carboxylic acids is 1. The molecule has 1 saturated heterocycles. The van der Waals surface area contributed by atoms with E-state index in [0.29, 0.717) is 12.8 Å². The van der Waals surface area contributed by atoms with Crippen LogP contribution in [0.3, 0.4) is 0 Å². The maximum Gasteiger partial charge on any atom is 0.326 e. The molecule has 1 unspecified atom stereocenters. The number of nitrogens with zero attached hydrogens (tertiary/aromatic N) is 6. The maximum atomic E-state index is 14.8. The van der Waals surface area contributed by atoms with Crippen molar-refractivity contribution in [3.8, 4) is 0 Å². The van der Waals surface area contributed by atoms with Gasteiger partial charge in [-0.3, -0.25) is 43.2 Å². The Balaban J connectivity index is 1.90. The molecule has 1 heterocycles. The lowest BCUT2D eigenvalue weighted by Gasteiger charge is -2.46. The molecule has 19 nitrogen and oxygen atoms in total. The third kappa shape index (κ3) is 15.7. The van der Waals surface area contributed by atoms with Crippen LogP contribution >= 0.6 is 0 Å². The summed E-state index contributed by atoms with van der Waals surface area (Å²) >= 11 is 0. The Morgan fingerprint density at radius 3 is 1.88 bits per heavy atom. The molecule has 3 rings (SSSR count). The van der Waals surface area contributed by atoms with Gasteiger partial charge in [-0.2, -0.15) is 0 Å². The fourth-order valence-electron chi connectivity index (χ4n) is 10.0. The number of hydrogen-bond acceptors (Lipinski definition) is 11. The van der Waals surface area contributed by atoms with E-state index in [2.05, 4.69) is 10.6 Å². The van der Waals surface area contributed by atoms with E-state index < -0.39 is 113 Å². The van der Waals surface area contributed by atoms with E-state index in [1.165, 1.54) is 57.6 Å². The number of nitrogens with one attached hydrogen (secondary N) is 2. The molecule has 1 aliphatic carbocycles. The number of carboxylic acids is 1. The number of carbonyl (C=O) groups is 9. The van der Waals surface area contributed by atoms with Crippen LogP contribution in [-0.4, -0.2) is 190 Å². The van der Waals surface area contributed by atoms with Crippen LogP contribution in [0.5, 0.6) is 0 Å². The summed E-state index contributed by atoms with van der Waals surface area (Å²) < 4.78 is 5.47. The molecule has 1 saturated carbocycles. The van der Waals surface area contributed by atoms with Crippen LogP contribution in [0.25, 0.3) is 0 Å². The van der Waals surface area contributed by atoms with Crippen LogP contribution in [0.2, 0.25) is 0 Å². The monoisotopic (exact) mass is 1020 g/mol. The van der Waals surface area contributed by atoms with Crippen molar-refractivity contribution in [2.45, 2.75) is 181 Å². The number of likely N-dealkylation sites (tertiary alicyclic amines) is 1. The molecular formula is C54H88N8O11. The first kappa shape index (κ1) is 61.7. The number of benzene rings is 1. The zero-order chi connectivity index (χ0) is 55.4. The number of likely N-dealkylation sites (N-methyl/N-ethyl adjacent to an activating group) is 6. The maximum absolute atomic E-state index is 14.8. The van der Waals surface area contributed by atoms with E-state index in [9.17, 15) is 48.3 Å². The van der Waals surface area contributed by atoms with E-state index in [-0.39, 0.29) is 44.3 Å². The molecule has 0 radical (unpaired) electrons. The highest BCUT2D eigenvalue weighted by Gasteiger charge is 2.49. The molecule has 3 N–H and O–H groups in total. The van der Waals surface area contributed by atoms with Gasteiger partial charge in [-0.15, -0.1) is 0 Å². The highest BCUT2D eigenvalue weighted by Crippen LogP contribution is 2.31. The average molecular weight is 1030 g/mol. The first-order valence-electron chi connectivity index (χ1n) is 26.1. The number of ether oxygens (including phenoxy) is 1. The van der Waals surface area contributed by atoms with Crippen molar-refractivity contribution in [1.29, 1.82) is 0 Å². The second-order valence-electron chi connectivity index (χ2n) is 22.1. The van der Waals surface area contributed by atoms with Gasteiger partial charge in [-0.25, -0.2) is 0 Å². The molecule has 8 atom stereocenters. The van der Waals surface area contributed by atoms with Crippen molar-refractivity contribution in [1.82, 2.24) is 40.0 Å². The fourth-order valence-corrected chi connectivity index (χ4v) is 10.0. The largest absolute Gasteiger partial charge is 0.481 e. The topological polar surface area (TPSA) is 227 Å². The SMILES string of the molecule is CC[C@H](C)[C@H](NC(=O)[C@](C)(CC(C)C)N(C)C(=O)[C@H](CC(=O)O)N(C)C(=O)C(NC)C1CCCC1)C(=O)N(C)[C@@H](C)C(=O)N1CC[C@H]1C(=O)N(CC)[C@@H](Cc1ccc(C)cc1)C(=O)N(C)CC(=O)OC(C)(C)C. The highest BCUT2D eigenvalue weighted by molar-refractivity contribution is 5.99. The van der Waals surface area contributed by atoms with Gasteiger partial charge in [0.25, 0.3) is 0 Å². The molecule has 73 heavy (non-hydrogen) atoms. The van der Waals surface area contributed by atoms with Gasteiger partial charge in [0.1, 0.15) is 47.9 Å². The van der Waals surface area contributed by atoms with Gasteiger partial charge in [-0.1, -0.05) is 76.8 Å². The molecule has 0 spiro atoms. The molecule has 2 aliphatic rings. The molecule has 0 aromatic heterocycles. The third-order valence-corrected chi connectivity index (χ3v) is 14.9. The molecular weight excluding hydrogens is 937 g/mol. The van der Waals surface area contributed by atoms with E-state index in [1.807, 2.05) is 52.0 Å². The van der Waals surface area contributed by atoms with E-state index in [1.54, 1.807) is 55.5 Å². The molecule has 1 aliphatic heterocycles. The fraction of sp³-hybridized carbons (Fsp3) is 0.722. The zero-order valence-corrected chi connectivity index (χ0v) is 46.7. The van der Waals surface area contributed by atoms with Crippen molar-refractivity contribution >= 4 is 53.3 Å². The predicted octanol–water partition coefficient (Wildman–Crippen LogP) is 3.88. The van der Waals surface area contributed by atoms with Crippen LogP contribution < -0.4 is 10.6 Å². The van der Waals surface area contributed by atoms with Crippen molar-refractivity contribution < 1.29 is 53.0 Å². The van der Waals surface area contributed by atoms with Gasteiger partial charge in [-0.05, 0) is 105 Å². The summed E-state index contributed by atoms with van der Waals surface area (Å²) in [7, 11) is 7.42. The van der Waals surface area contributed by atoms with Crippen LogP contribution in [0.1, 0.15) is 132 Å². The Labute approximate surface area is 434 Å². The molecule has 2 fully saturated rings. The second kappa shape index (κ2) is 26.6. The Morgan fingerprint density at radius 1 is 0.808 bits per heavy atom. The minimum absolute atomic E-state index is 0.0270. The highest BCUT2D eigenvalue weighted by atomic mass is 16.6. The summed E-state index contributed by atoms with van der Waals surface area (Å²) in [5.41, 5.74) is -0.603. The smallest absolute Gasteiger partial charge is 0.326 e. The van der Waals surface area contributed by atoms with Gasteiger partial charge < -0.3 is 49.9 Å². The summed E-state index contributed by atoms with van der Waals surface area (Å²) in [6.45, 7) is 19.3. The second-order valence-corrected chi connectivity index (χ2v) is 22.1. The number of hydrogen-bond donors (Lipinski definition) is 3. The number of carboxylic acid groups (broad SMARTS) is 1. The van der Waals surface area contributed by atoms with Crippen LogP contribution in [0.4, 0.5) is 0 Å². The minimum atomic E-state index is -1.63. The minimum Gasteiger partial charge on any atom is -0.481 e. The molecule has 1 aromatic carbocycles. The van der Waals surface area contributed by atoms with Crippen LogP contribution in [0.15, 0.2) is 24.3 Å². The Morgan fingerprint density at radius 2 is 1.40 bits per heavy atom. The summed E-state index contributed by atoms with van der Waals surface area (Å²) in [6, 6.07) is 1.27. The normalized spacial score (nSPS) is 18.2. The van der Waals surface area contributed by atoms with Crippen LogP contribution in [0, 0.1) is 24.7 Å². The molecule has 19 heteroatoms. The summed E-state index contributed by atoms with van der Waals surface area (Å²) in [4.78, 5) is 134. The standard InChI is InChI=1S/C54H88N8O11/c1-17-35(6)44(56-52(72)54(11,31-33(3)4)60(16)48(68)40(30-42(63)64)59(15)51(71)45(55-12)38-21-19-20-22-38)50(70)58(14)36(7)46(66)62-28-27-39(62)49(69)61(18-2)41(29-37-25-23-34(5)24-26-37)47(67)57(13)32-43(65)73-53(8,9)10/h23-26,33,35-36,38-41,44-45,55H,17-22,27-32H2,1-16H3,(H,56,72)(H,63,64)/t35-,36-,39-,40-,41-,44-,45?,54-/m0/s1. The third-order valence-electron chi connectivity index (χ3n) is 14.9. The molecule has 1 aromatic rings. The summed E-state index contributed by atoms with van der Waals surface area (Å²) in [6.07, 6.45) is 3.88. The van der Waals surface area contributed by atoms with E-state index in [0.717, 1.165) is 36.8 Å². The lowest BCUT2D eigenvalue weighted by atomic mass is 9.86. The first-order chi connectivity index (χ1) is 33.9. The average Bonchev–Trinajstić information content (AvgIpc) is 3.84. The number of esters is 1. The van der Waals surface area contributed by atoms with Gasteiger partial charge in [0.2, 0.25) is 41.4 Å². The predicted molar refractivity (Wildman–Crippen MR) is 278 cm³/mol. The van der Waals surface area contributed by atoms with E-state index in [4.69, 9.17) is 4.74 Å². The molecule has 0 bridgehead atoms. The molecule has 410 valence electrons. The van der Waals surface area contributed by atoms with E-state index >= 15 is 0 Å². The van der Waals surface area contributed by atoms with Gasteiger partial charge in [0.05, 0.1) is 12.5 Å². The van der Waals surface area contributed by atoms with Crippen molar-refractivity contribution in [3.63, 3.8) is 0 Å². The number of carbonyl (C=O) groups excluding carboxylic acids is 8. The van der Waals surface area contributed by atoms with Crippen molar-refractivity contribution in [3.05, 3.63) is 35.4 Å². The number of aryl methyl sites for hydroxylation is 1. The Bertz CT molecular complexity index is 2120. The summed E-state index contributed by atoms with van der Waals surface area (Å²) in [5.74, 6) is -6.37.